The normalized spacial score (nSPS) is 33.4. The summed E-state index contributed by atoms with van der Waals surface area (Å²) in [6.45, 7) is 1.91. The van der Waals surface area contributed by atoms with Gasteiger partial charge in [0.05, 0.1) is 5.92 Å². The van der Waals surface area contributed by atoms with E-state index in [9.17, 15) is 9.59 Å². The molecule has 2 atom stereocenters. The van der Waals surface area contributed by atoms with E-state index in [1.54, 1.807) is 0 Å². The third-order valence-electron chi connectivity index (χ3n) is 5.26. The van der Waals surface area contributed by atoms with Crippen LogP contribution < -0.4 is 5.32 Å². The minimum absolute atomic E-state index is 0.107. The van der Waals surface area contributed by atoms with Gasteiger partial charge in [0, 0.05) is 24.4 Å². The molecule has 1 saturated carbocycles. The van der Waals surface area contributed by atoms with Crippen molar-refractivity contribution in [2.45, 2.75) is 37.6 Å². The molecule has 1 aromatic rings. The maximum absolute atomic E-state index is 12.5. The van der Waals surface area contributed by atoms with Crippen LogP contribution in [0.4, 0.5) is 0 Å². The average Bonchev–Trinajstić information content (AvgIpc) is 3.23. The van der Waals surface area contributed by atoms with Crippen molar-refractivity contribution in [3.8, 4) is 0 Å². The summed E-state index contributed by atoms with van der Waals surface area (Å²) in [4.78, 5) is 26.9. The maximum atomic E-state index is 12.5. The monoisotopic (exact) mass is 284 g/mol. The molecule has 2 aliphatic heterocycles. The summed E-state index contributed by atoms with van der Waals surface area (Å²) in [5.41, 5.74) is 0.837. The maximum Gasteiger partial charge on any atom is 0.234 e. The zero-order valence-electron chi connectivity index (χ0n) is 12.0. The Morgan fingerprint density at radius 2 is 1.90 bits per heavy atom. The first kappa shape index (κ1) is 13.0. The Labute approximate surface area is 124 Å². The van der Waals surface area contributed by atoms with Crippen molar-refractivity contribution in [2.75, 3.05) is 13.1 Å². The number of imide groups is 1. The topological polar surface area (TPSA) is 49.4 Å². The van der Waals surface area contributed by atoms with E-state index in [-0.39, 0.29) is 23.1 Å². The second kappa shape index (κ2) is 4.67. The number of hydrogen-bond acceptors (Lipinski definition) is 3. The van der Waals surface area contributed by atoms with Gasteiger partial charge in [-0.1, -0.05) is 30.3 Å². The molecule has 2 saturated heterocycles. The lowest BCUT2D eigenvalue weighted by molar-refractivity contribution is -0.139. The molecule has 4 nitrogen and oxygen atoms in total. The molecule has 4 rings (SSSR count). The Hall–Kier alpha value is -1.68. The molecular weight excluding hydrogens is 264 g/mol. The smallest absolute Gasteiger partial charge is 0.234 e. The van der Waals surface area contributed by atoms with Crippen LogP contribution in [0.3, 0.4) is 0 Å². The Bertz CT molecular complexity index is 582. The van der Waals surface area contributed by atoms with Crippen LogP contribution in [0, 0.1) is 5.41 Å². The van der Waals surface area contributed by atoms with E-state index in [0.717, 1.165) is 25.1 Å². The molecule has 1 spiro atoms. The van der Waals surface area contributed by atoms with Gasteiger partial charge in [-0.3, -0.25) is 19.8 Å². The number of amides is 2. The fourth-order valence-electron chi connectivity index (χ4n) is 4.16. The van der Waals surface area contributed by atoms with Crippen LogP contribution in [-0.4, -0.2) is 35.8 Å². The zero-order chi connectivity index (χ0) is 14.4. The molecule has 1 N–H and O–H groups in total. The predicted octanol–water partition coefficient (Wildman–Crippen LogP) is 1.67. The second-order valence-corrected chi connectivity index (χ2v) is 6.75. The summed E-state index contributed by atoms with van der Waals surface area (Å²) in [5.74, 6) is -0.417. The first-order chi connectivity index (χ1) is 10.2. The van der Waals surface area contributed by atoms with Gasteiger partial charge in [-0.2, -0.15) is 0 Å². The van der Waals surface area contributed by atoms with E-state index in [2.05, 4.69) is 10.2 Å². The van der Waals surface area contributed by atoms with Crippen molar-refractivity contribution in [2.24, 2.45) is 5.41 Å². The third-order valence-corrected chi connectivity index (χ3v) is 5.26. The van der Waals surface area contributed by atoms with Gasteiger partial charge in [-0.15, -0.1) is 0 Å². The van der Waals surface area contributed by atoms with Crippen LogP contribution in [0.5, 0.6) is 0 Å². The first-order valence-electron chi connectivity index (χ1n) is 7.81. The van der Waals surface area contributed by atoms with E-state index in [4.69, 9.17) is 0 Å². The van der Waals surface area contributed by atoms with Gasteiger partial charge in [-0.05, 0) is 31.4 Å². The fourth-order valence-corrected chi connectivity index (χ4v) is 4.16. The highest BCUT2D eigenvalue weighted by atomic mass is 16.2. The number of benzene rings is 1. The van der Waals surface area contributed by atoms with Crippen molar-refractivity contribution in [3.05, 3.63) is 35.9 Å². The lowest BCUT2D eigenvalue weighted by Crippen LogP contribution is -2.51. The van der Waals surface area contributed by atoms with Gasteiger partial charge >= 0.3 is 0 Å². The summed E-state index contributed by atoms with van der Waals surface area (Å²) in [5, 5.41) is 2.54. The van der Waals surface area contributed by atoms with Crippen LogP contribution in [0.1, 0.15) is 37.2 Å². The minimum Gasteiger partial charge on any atom is -0.300 e. The van der Waals surface area contributed by atoms with Crippen molar-refractivity contribution < 1.29 is 9.59 Å². The third kappa shape index (κ3) is 2.18. The van der Waals surface area contributed by atoms with Crippen molar-refractivity contribution in [1.29, 1.82) is 0 Å². The number of rotatable bonds is 2. The number of piperidine rings is 1. The van der Waals surface area contributed by atoms with E-state index < -0.39 is 0 Å². The summed E-state index contributed by atoms with van der Waals surface area (Å²) in [6.07, 6.45) is 3.96. The quantitative estimate of drug-likeness (QED) is 0.841. The fraction of sp³-hybridized carbons (Fsp3) is 0.529. The molecule has 0 radical (unpaired) electrons. The predicted molar refractivity (Wildman–Crippen MR) is 78.6 cm³/mol. The summed E-state index contributed by atoms with van der Waals surface area (Å²) < 4.78 is 0. The molecule has 2 heterocycles. The van der Waals surface area contributed by atoms with Gasteiger partial charge in [-0.25, -0.2) is 0 Å². The number of likely N-dealkylation sites (tertiary alicyclic amines) is 1. The van der Waals surface area contributed by atoms with Crippen molar-refractivity contribution >= 4 is 11.8 Å². The summed E-state index contributed by atoms with van der Waals surface area (Å²) in [6, 6.07) is 10.6. The lowest BCUT2D eigenvalue weighted by Gasteiger charge is -2.40. The number of nitrogens with zero attached hydrogens (tertiary/aromatic N) is 1. The van der Waals surface area contributed by atoms with Gasteiger partial charge in [0.25, 0.3) is 0 Å². The molecular formula is C17H20N2O2. The van der Waals surface area contributed by atoms with Crippen LogP contribution in [0.2, 0.25) is 0 Å². The molecule has 4 heteroatoms. The van der Waals surface area contributed by atoms with Gasteiger partial charge in [0.2, 0.25) is 11.8 Å². The minimum atomic E-state index is -0.205. The van der Waals surface area contributed by atoms with Crippen molar-refractivity contribution in [3.63, 3.8) is 0 Å². The van der Waals surface area contributed by atoms with Crippen LogP contribution in [0.25, 0.3) is 0 Å². The number of carbonyl (C=O) groups excluding carboxylic acids is 2. The molecule has 1 aromatic carbocycles. The molecule has 21 heavy (non-hydrogen) atoms. The summed E-state index contributed by atoms with van der Waals surface area (Å²) >= 11 is 0. The Morgan fingerprint density at radius 1 is 1.14 bits per heavy atom. The lowest BCUT2D eigenvalue weighted by atomic mass is 9.66. The molecule has 0 aromatic heterocycles. The van der Waals surface area contributed by atoms with Gasteiger partial charge in [0.1, 0.15) is 0 Å². The number of hydrogen-bond donors (Lipinski definition) is 1. The second-order valence-electron chi connectivity index (χ2n) is 6.75. The average molecular weight is 284 g/mol. The van der Waals surface area contributed by atoms with Crippen LogP contribution in [-0.2, 0) is 9.59 Å². The molecule has 2 unspecified atom stereocenters. The standard InChI is InChI=1S/C17H20N2O2/c20-14-10-17(8-9-19(11-17)13-6-7-13)15(16(21)18-14)12-4-2-1-3-5-12/h1-5,13,15H,6-11H2,(H,18,20,21). The molecule has 3 fully saturated rings. The summed E-state index contributed by atoms with van der Waals surface area (Å²) in [7, 11) is 0. The van der Waals surface area contributed by atoms with E-state index in [1.165, 1.54) is 12.8 Å². The Kier molecular flexibility index (Phi) is 2.89. The number of carbonyl (C=O) groups is 2. The van der Waals surface area contributed by atoms with E-state index in [0.29, 0.717) is 12.5 Å². The van der Waals surface area contributed by atoms with E-state index in [1.807, 2.05) is 30.3 Å². The zero-order valence-corrected chi connectivity index (χ0v) is 12.0. The largest absolute Gasteiger partial charge is 0.300 e. The Balaban J connectivity index is 1.70. The molecule has 110 valence electrons. The first-order valence-corrected chi connectivity index (χ1v) is 7.81. The van der Waals surface area contributed by atoms with Crippen LogP contribution in [0.15, 0.2) is 30.3 Å². The van der Waals surface area contributed by atoms with Crippen LogP contribution >= 0.6 is 0 Å². The molecule has 0 bridgehead atoms. The van der Waals surface area contributed by atoms with E-state index >= 15 is 0 Å². The molecule has 3 aliphatic rings. The SMILES string of the molecule is O=C1CC2(CCN(C3CC3)C2)C(c2ccccc2)C(=O)N1. The highest BCUT2D eigenvalue weighted by Gasteiger charge is 2.54. The van der Waals surface area contributed by atoms with Crippen molar-refractivity contribution in [1.82, 2.24) is 10.2 Å². The Morgan fingerprint density at radius 3 is 2.62 bits per heavy atom. The number of nitrogens with one attached hydrogen (secondary N) is 1. The van der Waals surface area contributed by atoms with Gasteiger partial charge in [0.15, 0.2) is 0 Å². The highest BCUT2D eigenvalue weighted by molar-refractivity contribution is 6.02. The molecule has 2 amide bonds. The van der Waals surface area contributed by atoms with Gasteiger partial charge < -0.3 is 0 Å². The molecule has 1 aliphatic carbocycles. The highest BCUT2D eigenvalue weighted by Crippen LogP contribution is 2.50.